The van der Waals surface area contributed by atoms with E-state index in [1.54, 1.807) is 48.5 Å². The number of carbonyl (C=O) groups is 3. The van der Waals surface area contributed by atoms with Crippen LogP contribution < -0.4 is 14.2 Å². The van der Waals surface area contributed by atoms with Crippen molar-refractivity contribution in [3.63, 3.8) is 0 Å². The van der Waals surface area contributed by atoms with Gasteiger partial charge in [-0.2, -0.15) is 0 Å². The van der Waals surface area contributed by atoms with E-state index in [-0.39, 0.29) is 0 Å². The van der Waals surface area contributed by atoms with Gasteiger partial charge in [0.25, 0.3) is 0 Å². The first-order valence-corrected chi connectivity index (χ1v) is 17.4. The molecule has 6 aromatic rings. The van der Waals surface area contributed by atoms with Crippen LogP contribution in [0.15, 0.2) is 163 Å². The number of hydrogen-bond donors (Lipinski definition) is 6. The van der Waals surface area contributed by atoms with E-state index in [2.05, 4.69) is 0 Å². The number of benzene rings is 6. The van der Waals surface area contributed by atoms with Crippen molar-refractivity contribution in [3.05, 3.63) is 191 Å². The standard InChI is InChI=1S/C17H16O5.C16H14O4.C13H10O3/c1-21-16-10-13(9-14(18)17(19)20)7-8-15(16)22-11-12-5-3-2-4-6-12;17-15(16(18)19)10-12-6-8-14(9-7-12)20-11-13-4-2-1-3-5-13;14-12(13(15)16)8-9-5-6-10-3-1-2-4-11(10)7-9/h2-10,18H,11H2,1H3,(H,19,20);1-10,17H,11H2,(H,18,19);1-8,14H,(H,15,16)/b14-9-;15-10-;12-8-. The minimum atomic E-state index is -1.39. The smallest absolute Gasteiger partial charge is 0.370 e. The van der Waals surface area contributed by atoms with E-state index in [0.29, 0.717) is 47.2 Å². The van der Waals surface area contributed by atoms with Crippen LogP contribution in [0, 0.1) is 0 Å². The topological polar surface area (TPSA) is 200 Å². The molecular formula is C46H40O12. The van der Waals surface area contributed by atoms with Crippen molar-refractivity contribution in [2.24, 2.45) is 0 Å². The van der Waals surface area contributed by atoms with Gasteiger partial charge >= 0.3 is 17.9 Å². The molecule has 0 bridgehead atoms. The molecule has 296 valence electrons. The minimum Gasteiger partial charge on any atom is -0.502 e. The van der Waals surface area contributed by atoms with Crippen LogP contribution >= 0.6 is 0 Å². The van der Waals surface area contributed by atoms with Crippen molar-refractivity contribution < 1.29 is 59.2 Å². The van der Waals surface area contributed by atoms with Crippen LogP contribution in [0.25, 0.3) is 29.0 Å². The van der Waals surface area contributed by atoms with E-state index in [0.717, 1.165) is 28.0 Å². The largest absolute Gasteiger partial charge is 0.502 e. The fraction of sp³-hybridized carbons (Fsp3) is 0.0652. The molecule has 12 nitrogen and oxygen atoms in total. The third kappa shape index (κ3) is 14.0. The van der Waals surface area contributed by atoms with Gasteiger partial charge in [-0.15, -0.1) is 0 Å². The summed E-state index contributed by atoms with van der Waals surface area (Å²) in [7, 11) is 1.50. The summed E-state index contributed by atoms with van der Waals surface area (Å²) >= 11 is 0. The third-order valence-corrected chi connectivity index (χ3v) is 7.89. The highest BCUT2D eigenvalue weighted by atomic mass is 16.5. The zero-order valence-corrected chi connectivity index (χ0v) is 31.1. The van der Waals surface area contributed by atoms with Crippen LogP contribution in [-0.2, 0) is 27.6 Å². The number of rotatable bonds is 13. The molecule has 0 saturated carbocycles. The summed E-state index contributed by atoms with van der Waals surface area (Å²) in [6, 6.07) is 44.4. The Hall–Kier alpha value is -7.99. The van der Waals surface area contributed by atoms with Crippen molar-refractivity contribution >= 4 is 46.9 Å². The van der Waals surface area contributed by atoms with Gasteiger partial charge in [0, 0.05) is 0 Å². The number of methoxy groups -OCH3 is 1. The number of carboxylic acids is 3. The maximum absolute atomic E-state index is 10.6. The number of fused-ring (bicyclic) bond motifs is 1. The third-order valence-electron chi connectivity index (χ3n) is 7.89. The molecule has 0 unspecified atom stereocenters. The lowest BCUT2D eigenvalue weighted by Crippen LogP contribution is -1.99. The Labute approximate surface area is 333 Å². The number of hydrogen-bond acceptors (Lipinski definition) is 9. The molecule has 0 atom stereocenters. The Morgan fingerprint density at radius 2 is 0.879 bits per heavy atom. The van der Waals surface area contributed by atoms with Gasteiger partial charge in [0.2, 0.25) is 17.3 Å². The number of carboxylic acid groups (broad SMARTS) is 3. The van der Waals surface area contributed by atoms with Crippen molar-refractivity contribution in [1.82, 2.24) is 0 Å². The second-order valence-electron chi connectivity index (χ2n) is 12.1. The van der Waals surface area contributed by atoms with Crippen LogP contribution in [0.3, 0.4) is 0 Å². The zero-order chi connectivity index (χ0) is 41.9. The fourth-order valence-electron chi connectivity index (χ4n) is 4.99. The Morgan fingerprint density at radius 3 is 1.40 bits per heavy atom. The summed E-state index contributed by atoms with van der Waals surface area (Å²) in [4.78, 5) is 31.5. The first-order chi connectivity index (χ1) is 27.9. The van der Waals surface area contributed by atoms with Crippen molar-refractivity contribution in [2.45, 2.75) is 13.2 Å². The van der Waals surface area contributed by atoms with Gasteiger partial charge in [-0.3, -0.25) is 0 Å². The molecule has 0 radical (unpaired) electrons. The summed E-state index contributed by atoms with van der Waals surface area (Å²) in [5.41, 5.74) is 3.86. The molecule has 0 heterocycles. The fourth-order valence-corrected chi connectivity index (χ4v) is 4.99. The summed E-state index contributed by atoms with van der Waals surface area (Å²) < 4.78 is 16.5. The average Bonchev–Trinajstić information content (AvgIpc) is 3.24. The maximum atomic E-state index is 10.6. The van der Waals surface area contributed by atoms with Crippen molar-refractivity contribution in [3.8, 4) is 17.2 Å². The van der Waals surface area contributed by atoms with E-state index in [1.165, 1.54) is 19.3 Å². The average molecular weight is 785 g/mol. The van der Waals surface area contributed by atoms with Gasteiger partial charge in [0.1, 0.15) is 19.0 Å². The lowest BCUT2D eigenvalue weighted by Gasteiger charge is -2.11. The maximum Gasteiger partial charge on any atom is 0.370 e. The molecule has 6 N–H and O–H groups in total. The molecule has 0 saturated heterocycles. The molecule has 6 rings (SSSR count). The van der Waals surface area contributed by atoms with Crippen LogP contribution in [0.2, 0.25) is 0 Å². The molecular weight excluding hydrogens is 744 g/mol. The molecule has 0 aromatic heterocycles. The predicted octanol–water partition coefficient (Wildman–Crippen LogP) is 9.33. The van der Waals surface area contributed by atoms with E-state index in [4.69, 9.17) is 39.7 Å². The van der Waals surface area contributed by atoms with Gasteiger partial charge in [-0.25, -0.2) is 14.4 Å². The molecule has 0 aliphatic heterocycles. The first-order valence-electron chi connectivity index (χ1n) is 17.4. The molecule has 0 spiro atoms. The number of aliphatic carboxylic acids is 3. The number of ether oxygens (including phenoxy) is 3. The second kappa shape index (κ2) is 21.8. The highest BCUT2D eigenvalue weighted by molar-refractivity contribution is 5.91. The lowest BCUT2D eigenvalue weighted by molar-refractivity contribution is -0.136. The second-order valence-corrected chi connectivity index (χ2v) is 12.1. The molecule has 58 heavy (non-hydrogen) atoms. The molecule has 0 fully saturated rings. The highest BCUT2D eigenvalue weighted by Gasteiger charge is 2.09. The normalized spacial score (nSPS) is 11.2. The summed E-state index contributed by atoms with van der Waals surface area (Å²) in [5.74, 6) is -4.47. The van der Waals surface area contributed by atoms with Crippen molar-refractivity contribution in [2.75, 3.05) is 7.11 Å². The van der Waals surface area contributed by atoms with E-state index in [9.17, 15) is 19.5 Å². The van der Waals surface area contributed by atoms with Crippen LogP contribution in [0.1, 0.15) is 27.8 Å². The molecule has 0 aliphatic carbocycles. The molecule has 6 aromatic carbocycles. The molecule has 0 aliphatic rings. The monoisotopic (exact) mass is 784 g/mol. The van der Waals surface area contributed by atoms with Crippen LogP contribution in [0.5, 0.6) is 17.2 Å². The van der Waals surface area contributed by atoms with Gasteiger partial charge in [-0.05, 0) is 87.1 Å². The number of aliphatic hydroxyl groups is 3. The van der Waals surface area contributed by atoms with E-state index in [1.807, 2.05) is 97.1 Å². The Kier molecular flexibility index (Phi) is 16.1. The predicted molar refractivity (Wildman–Crippen MR) is 220 cm³/mol. The van der Waals surface area contributed by atoms with E-state index < -0.39 is 35.2 Å². The summed E-state index contributed by atoms with van der Waals surface area (Å²) in [6.45, 7) is 0.864. The summed E-state index contributed by atoms with van der Waals surface area (Å²) in [6.07, 6.45) is 3.56. The van der Waals surface area contributed by atoms with Crippen LogP contribution in [-0.4, -0.2) is 55.7 Å². The SMILES string of the molecule is COc1cc(/C=C(\O)C(=O)O)ccc1OCc1ccccc1.O=C(O)/C(O)=C/c1ccc(OCc2ccccc2)cc1.O=C(O)/C(O)=C/c1ccc2ccccc2c1. The number of aliphatic hydroxyl groups excluding tert-OH is 3. The summed E-state index contributed by atoms with van der Waals surface area (Å²) in [5, 5.41) is 55.4. The van der Waals surface area contributed by atoms with Gasteiger partial charge in [-0.1, -0.05) is 115 Å². The molecule has 12 heteroatoms. The van der Waals surface area contributed by atoms with Gasteiger partial charge in [0.15, 0.2) is 11.5 Å². The molecule has 0 amide bonds. The minimum absolute atomic E-state index is 0.396. The van der Waals surface area contributed by atoms with Crippen molar-refractivity contribution in [1.29, 1.82) is 0 Å². The lowest BCUT2D eigenvalue weighted by atomic mass is 10.1. The van der Waals surface area contributed by atoms with Gasteiger partial charge in [0.05, 0.1) is 7.11 Å². The van der Waals surface area contributed by atoms with Gasteiger partial charge < -0.3 is 44.8 Å². The van der Waals surface area contributed by atoms with E-state index >= 15 is 0 Å². The first kappa shape index (κ1) is 42.7. The Balaban J connectivity index is 0.000000195. The quantitative estimate of drug-likeness (QED) is 0.0480. The Morgan fingerprint density at radius 1 is 0.448 bits per heavy atom. The Bertz CT molecular complexity index is 2380. The van der Waals surface area contributed by atoms with Crippen LogP contribution in [0.4, 0.5) is 0 Å². The highest BCUT2D eigenvalue weighted by Crippen LogP contribution is 2.29. The zero-order valence-electron chi connectivity index (χ0n) is 31.1.